The molecule has 0 spiro atoms. The quantitative estimate of drug-likeness (QED) is 0.458. The molecule has 19 heavy (non-hydrogen) atoms. The molecule has 1 N–H and O–H groups in total. The summed E-state index contributed by atoms with van der Waals surface area (Å²) in [7, 11) is 0. The molecule has 0 unspecified atom stereocenters. The second-order valence-electron chi connectivity index (χ2n) is 3.79. The molecule has 0 aliphatic heterocycles. The molecule has 0 aromatic heterocycles. The summed E-state index contributed by atoms with van der Waals surface area (Å²) < 4.78 is 5.69. The van der Waals surface area contributed by atoms with Gasteiger partial charge in [0.05, 0.1) is 11.6 Å². The fourth-order valence-electron chi connectivity index (χ4n) is 1.41. The van der Waals surface area contributed by atoms with Gasteiger partial charge in [-0.3, -0.25) is 9.59 Å². The van der Waals surface area contributed by atoms with E-state index < -0.39 is 0 Å². The van der Waals surface area contributed by atoms with Gasteiger partial charge in [-0.25, -0.2) is 0 Å². The summed E-state index contributed by atoms with van der Waals surface area (Å²) in [5, 5.41) is 3.29. The number of benzene rings is 1. The maximum atomic E-state index is 11.8. The van der Waals surface area contributed by atoms with Crippen molar-refractivity contribution >= 4 is 46.1 Å². The Kier molecular flexibility index (Phi) is 7.15. The zero-order valence-electron chi connectivity index (χ0n) is 10.5. The molecule has 0 heterocycles. The summed E-state index contributed by atoms with van der Waals surface area (Å²) in [6.07, 6.45) is 0.865. The van der Waals surface area contributed by atoms with Gasteiger partial charge < -0.3 is 10.1 Å². The Balaban J connectivity index is 2.35. The Labute approximate surface area is 131 Å². The maximum Gasteiger partial charge on any atom is 0.305 e. The fraction of sp³-hybridized carbons (Fsp3) is 0.385. The smallest absolute Gasteiger partial charge is 0.305 e. The third-order valence-electron chi connectivity index (χ3n) is 2.33. The highest BCUT2D eigenvalue weighted by Crippen LogP contribution is 2.19. The summed E-state index contributed by atoms with van der Waals surface area (Å²) in [5.41, 5.74) is 0.515. The van der Waals surface area contributed by atoms with Gasteiger partial charge >= 0.3 is 5.97 Å². The molecule has 4 nitrogen and oxygen atoms in total. The molecule has 1 aromatic rings. The number of carbonyl (C=O) groups excluding carboxylic acids is 2. The van der Waals surface area contributed by atoms with Crippen LogP contribution in [0.2, 0.25) is 5.02 Å². The van der Waals surface area contributed by atoms with Gasteiger partial charge in [-0.2, -0.15) is 0 Å². The Morgan fingerprint density at radius 1 is 1.42 bits per heavy atom. The standard InChI is InChI=1S/C13H15ClINO3/c1-2-19-12(17)4-3-7-16-13(18)9-5-6-11(15)10(14)8-9/h5-6,8H,2-4,7H2,1H3,(H,16,18). The maximum absolute atomic E-state index is 11.8. The van der Waals surface area contributed by atoms with Crippen LogP contribution in [0, 0.1) is 3.57 Å². The van der Waals surface area contributed by atoms with Crippen molar-refractivity contribution in [1.82, 2.24) is 5.32 Å². The molecule has 0 aliphatic rings. The Bertz CT molecular complexity index is 465. The van der Waals surface area contributed by atoms with Gasteiger partial charge in [0.2, 0.25) is 0 Å². The summed E-state index contributed by atoms with van der Waals surface area (Å²) in [6.45, 7) is 2.58. The van der Waals surface area contributed by atoms with E-state index in [4.69, 9.17) is 16.3 Å². The van der Waals surface area contributed by atoms with Gasteiger partial charge in [0.15, 0.2) is 0 Å². The molecule has 1 aromatic carbocycles. The number of carbonyl (C=O) groups is 2. The van der Waals surface area contributed by atoms with E-state index in [0.29, 0.717) is 36.6 Å². The van der Waals surface area contributed by atoms with Crippen LogP contribution in [-0.4, -0.2) is 25.0 Å². The largest absolute Gasteiger partial charge is 0.466 e. The molecule has 1 rings (SSSR count). The third-order valence-corrected chi connectivity index (χ3v) is 3.90. The topological polar surface area (TPSA) is 55.4 Å². The summed E-state index contributed by atoms with van der Waals surface area (Å²) in [4.78, 5) is 22.9. The number of nitrogens with one attached hydrogen (secondary N) is 1. The minimum Gasteiger partial charge on any atom is -0.466 e. The van der Waals surface area contributed by atoms with Crippen LogP contribution in [0.4, 0.5) is 0 Å². The van der Waals surface area contributed by atoms with Crippen molar-refractivity contribution in [1.29, 1.82) is 0 Å². The van der Waals surface area contributed by atoms with Crippen LogP contribution < -0.4 is 5.32 Å². The lowest BCUT2D eigenvalue weighted by Crippen LogP contribution is -2.25. The van der Waals surface area contributed by atoms with Crippen molar-refractivity contribution in [2.45, 2.75) is 19.8 Å². The van der Waals surface area contributed by atoms with Crippen LogP contribution in [0.25, 0.3) is 0 Å². The molecular formula is C13H15ClINO3. The van der Waals surface area contributed by atoms with Crippen LogP contribution >= 0.6 is 34.2 Å². The van der Waals surface area contributed by atoms with E-state index in [2.05, 4.69) is 27.9 Å². The van der Waals surface area contributed by atoms with Crippen LogP contribution in [0.15, 0.2) is 18.2 Å². The van der Waals surface area contributed by atoms with Gasteiger partial charge in [0, 0.05) is 22.1 Å². The molecule has 0 radical (unpaired) electrons. The number of amides is 1. The number of esters is 1. The van der Waals surface area contributed by atoms with Gasteiger partial charge in [0.1, 0.15) is 0 Å². The number of halogens is 2. The van der Waals surface area contributed by atoms with Crippen LogP contribution in [-0.2, 0) is 9.53 Å². The molecule has 0 atom stereocenters. The molecule has 0 fully saturated rings. The molecular weight excluding hydrogens is 381 g/mol. The number of hydrogen-bond donors (Lipinski definition) is 1. The van der Waals surface area contributed by atoms with E-state index in [1.54, 1.807) is 25.1 Å². The van der Waals surface area contributed by atoms with Crippen LogP contribution in [0.5, 0.6) is 0 Å². The number of hydrogen-bond acceptors (Lipinski definition) is 3. The zero-order valence-corrected chi connectivity index (χ0v) is 13.5. The lowest BCUT2D eigenvalue weighted by Gasteiger charge is -2.06. The van der Waals surface area contributed by atoms with Gasteiger partial charge in [-0.05, 0) is 54.1 Å². The van der Waals surface area contributed by atoms with Crippen molar-refractivity contribution < 1.29 is 14.3 Å². The minimum atomic E-state index is -0.242. The van der Waals surface area contributed by atoms with E-state index in [-0.39, 0.29) is 11.9 Å². The lowest BCUT2D eigenvalue weighted by atomic mass is 10.2. The molecule has 6 heteroatoms. The van der Waals surface area contributed by atoms with Crippen molar-refractivity contribution in [3.8, 4) is 0 Å². The Hall–Kier alpha value is -0.820. The highest BCUT2D eigenvalue weighted by molar-refractivity contribution is 14.1. The zero-order chi connectivity index (χ0) is 14.3. The first-order valence-electron chi connectivity index (χ1n) is 5.93. The summed E-state index contributed by atoms with van der Waals surface area (Å²) in [5.74, 6) is -0.434. The lowest BCUT2D eigenvalue weighted by molar-refractivity contribution is -0.143. The number of rotatable bonds is 6. The van der Waals surface area contributed by atoms with Crippen molar-refractivity contribution in [2.75, 3.05) is 13.2 Å². The average Bonchev–Trinajstić information content (AvgIpc) is 2.38. The van der Waals surface area contributed by atoms with E-state index in [0.717, 1.165) is 3.57 Å². The second-order valence-corrected chi connectivity index (χ2v) is 5.36. The molecule has 0 saturated carbocycles. The number of ether oxygens (including phenoxy) is 1. The highest BCUT2D eigenvalue weighted by Gasteiger charge is 2.08. The predicted molar refractivity (Wildman–Crippen MR) is 82.4 cm³/mol. The minimum absolute atomic E-state index is 0.192. The SMILES string of the molecule is CCOC(=O)CCCNC(=O)c1ccc(I)c(Cl)c1. The van der Waals surface area contributed by atoms with E-state index >= 15 is 0 Å². The van der Waals surface area contributed by atoms with Gasteiger partial charge in [-0.1, -0.05) is 11.6 Å². The summed E-state index contributed by atoms with van der Waals surface area (Å²) in [6, 6.07) is 5.13. The second kappa shape index (κ2) is 8.37. The van der Waals surface area contributed by atoms with E-state index in [1.165, 1.54) is 0 Å². The van der Waals surface area contributed by atoms with E-state index in [1.807, 2.05) is 0 Å². The van der Waals surface area contributed by atoms with Crippen LogP contribution in [0.3, 0.4) is 0 Å². The average molecular weight is 396 g/mol. The Morgan fingerprint density at radius 2 is 2.16 bits per heavy atom. The third kappa shape index (κ3) is 5.78. The highest BCUT2D eigenvalue weighted by atomic mass is 127. The first-order valence-corrected chi connectivity index (χ1v) is 7.39. The first kappa shape index (κ1) is 16.2. The molecule has 104 valence electrons. The van der Waals surface area contributed by atoms with Gasteiger partial charge in [0.25, 0.3) is 5.91 Å². The normalized spacial score (nSPS) is 10.1. The van der Waals surface area contributed by atoms with Crippen molar-refractivity contribution in [3.05, 3.63) is 32.4 Å². The van der Waals surface area contributed by atoms with Crippen molar-refractivity contribution in [2.24, 2.45) is 0 Å². The monoisotopic (exact) mass is 395 g/mol. The first-order chi connectivity index (χ1) is 9.04. The summed E-state index contributed by atoms with van der Waals surface area (Å²) >= 11 is 8.05. The molecule has 0 saturated heterocycles. The molecule has 0 aliphatic carbocycles. The van der Waals surface area contributed by atoms with Crippen LogP contribution in [0.1, 0.15) is 30.1 Å². The molecule has 1 amide bonds. The predicted octanol–water partition coefficient (Wildman–Crippen LogP) is 3.02. The van der Waals surface area contributed by atoms with Crippen molar-refractivity contribution in [3.63, 3.8) is 0 Å². The Morgan fingerprint density at radius 3 is 2.79 bits per heavy atom. The van der Waals surface area contributed by atoms with Gasteiger partial charge in [-0.15, -0.1) is 0 Å². The van der Waals surface area contributed by atoms with E-state index in [9.17, 15) is 9.59 Å². The fourth-order valence-corrected chi connectivity index (χ4v) is 1.92. The molecule has 0 bridgehead atoms.